The van der Waals surface area contributed by atoms with Crippen molar-refractivity contribution in [3.05, 3.63) is 35.9 Å². The van der Waals surface area contributed by atoms with Crippen molar-refractivity contribution in [3.63, 3.8) is 0 Å². The van der Waals surface area contributed by atoms with Crippen LogP contribution in [0.2, 0.25) is 0 Å². The molecular formula is C20H33N. The smallest absolute Gasteiger partial charge is 0.00979 e. The molecule has 0 spiro atoms. The lowest BCUT2D eigenvalue weighted by atomic mass is 9.73. The first kappa shape index (κ1) is 16.5. The summed E-state index contributed by atoms with van der Waals surface area (Å²) >= 11 is 0. The van der Waals surface area contributed by atoms with Gasteiger partial charge >= 0.3 is 0 Å². The van der Waals surface area contributed by atoms with E-state index >= 15 is 0 Å². The van der Waals surface area contributed by atoms with Crippen LogP contribution in [0.5, 0.6) is 0 Å². The van der Waals surface area contributed by atoms with Crippen LogP contribution in [0.1, 0.15) is 64.4 Å². The number of hydrogen-bond donors (Lipinski definition) is 1. The molecule has 3 unspecified atom stereocenters. The van der Waals surface area contributed by atoms with E-state index in [1.165, 1.54) is 56.9 Å². The van der Waals surface area contributed by atoms with E-state index in [0.29, 0.717) is 0 Å². The maximum atomic E-state index is 3.80. The van der Waals surface area contributed by atoms with Gasteiger partial charge in [-0.2, -0.15) is 0 Å². The minimum absolute atomic E-state index is 0.740. The lowest BCUT2D eigenvalue weighted by Gasteiger charge is -2.37. The zero-order chi connectivity index (χ0) is 14.9. The SMILES string of the molecule is CCNC(CCCc1ccccc1)C1CCCCC1CC. The van der Waals surface area contributed by atoms with Gasteiger partial charge in [0.15, 0.2) is 0 Å². The van der Waals surface area contributed by atoms with Gasteiger partial charge in [0, 0.05) is 6.04 Å². The van der Waals surface area contributed by atoms with Gasteiger partial charge < -0.3 is 5.32 Å². The van der Waals surface area contributed by atoms with Gasteiger partial charge in [0.05, 0.1) is 0 Å². The maximum Gasteiger partial charge on any atom is 0.00979 e. The summed E-state index contributed by atoms with van der Waals surface area (Å²) in [6.07, 6.45) is 11.1. The van der Waals surface area contributed by atoms with Crippen molar-refractivity contribution < 1.29 is 0 Å². The average Bonchev–Trinajstić information content (AvgIpc) is 2.55. The van der Waals surface area contributed by atoms with Crippen LogP contribution in [0, 0.1) is 11.8 Å². The predicted molar refractivity (Wildman–Crippen MR) is 92.6 cm³/mol. The molecule has 0 saturated heterocycles. The first-order valence-corrected chi connectivity index (χ1v) is 9.12. The highest BCUT2D eigenvalue weighted by Crippen LogP contribution is 2.35. The minimum Gasteiger partial charge on any atom is -0.314 e. The van der Waals surface area contributed by atoms with Crippen LogP contribution in [0.3, 0.4) is 0 Å². The summed E-state index contributed by atoms with van der Waals surface area (Å²) in [5.41, 5.74) is 1.49. The van der Waals surface area contributed by atoms with E-state index in [9.17, 15) is 0 Å². The van der Waals surface area contributed by atoms with Gasteiger partial charge in [-0.3, -0.25) is 0 Å². The quantitative estimate of drug-likeness (QED) is 0.692. The molecule has 21 heavy (non-hydrogen) atoms. The first-order valence-electron chi connectivity index (χ1n) is 9.12. The van der Waals surface area contributed by atoms with Crippen molar-refractivity contribution in [1.82, 2.24) is 5.32 Å². The molecule has 0 heterocycles. The molecular weight excluding hydrogens is 254 g/mol. The molecule has 0 bridgehead atoms. The van der Waals surface area contributed by atoms with Crippen molar-refractivity contribution in [1.29, 1.82) is 0 Å². The molecule has 1 aromatic carbocycles. The summed E-state index contributed by atoms with van der Waals surface area (Å²) in [6.45, 7) is 5.76. The molecule has 1 saturated carbocycles. The third-order valence-corrected chi connectivity index (χ3v) is 5.30. The second kappa shape index (κ2) is 9.25. The monoisotopic (exact) mass is 287 g/mol. The second-order valence-corrected chi connectivity index (χ2v) is 6.66. The Balaban J connectivity index is 1.85. The summed E-state index contributed by atoms with van der Waals surface area (Å²) in [6, 6.07) is 11.7. The van der Waals surface area contributed by atoms with Crippen LogP contribution in [0.15, 0.2) is 30.3 Å². The van der Waals surface area contributed by atoms with Crippen molar-refractivity contribution in [2.24, 2.45) is 11.8 Å². The number of hydrogen-bond acceptors (Lipinski definition) is 1. The predicted octanol–water partition coefficient (Wildman–Crippen LogP) is 5.20. The number of aryl methyl sites for hydroxylation is 1. The summed E-state index contributed by atoms with van der Waals surface area (Å²) in [5.74, 6) is 1.87. The van der Waals surface area contributed by atoms with Gasteiger partial charge in [-0.25, -0.2) is 0 Å². The Morgan fingerprint density at radius 2 is 1.86 bits per heavy atom. The van der Waals surface area contributed by atoms with Crippen LogP contribution in [0.4, 0.5) is 0 Å². The Morgan fingerprint density at radius 1 is 1.10 bits per heavy atom. The van der Waals surface area contributed by atoms with Crippen molar-refractivity contribution in [2.45, 2.75) is 71.3 Å². The van der Waals surface area contributed by atoms with Gasteiger partial charge in [0.25, 0.3) is 0 Å². The molecule has 0 radical (unpaired) electrons. The molecule has 1 aliphatic rings. The van der Waals surface area contributed by atoms with Gasteiger partial charge in [-0.1, -0.05) is 69.9 Å². The fourth-order valence-corrected chi connectivity index (χ4v) is 4.17. The molecule has 1 N–H and O–H groups in total. The van der Waals surface area contributed by atoms with E-state index in [1.807, 2.05) is 0 Å². The molecule has 1 aromatic rings. The Labute approximate surface area is 131 Å². The standard InChI is InChI=1S/C20H33N/c1-3-18-14-8-9-15-19(18)20(21-4-2)16-10-13-17-11-6-5-7-12-17/h5-7,11-12,18-21H,3-4,8-10,13-16H2,1-2H3. The number of benzene rings is 1. The fourth-order valence-electron chi connectivity index (χ4n) is 4.17. The van der Waals surface area contributed by atoms with E-state index in [2.05, 4.69) is 49.5 Å². The lowest BCUT2D eigenvalue weighted by molar-refractivity contribution is 0.168. The Kier molecular flexibility index (Phi) is 7.29. The van der Waals surface area contributed by atoms with E-state index < -0.39 is 0 Å². The Hall–Kier alpha value is -0.820. The maximum absolute atomic E-state index is 3.80. The van der Waals surface area contributed by atoms with Gasteiger partial charge in [-0.05, 0) is 49.6 Å². The molecule has 2 rings (SSSR count). The summed E-state index contributed by atoms with van der Waals surface area (Å²) < 4.78 is 0. The minimum atomic E-state index is 0.740. The van der Waals surface area contributed by atoms with E-state index in [0.717, 1.165) is 24.4 Å². The molecule has 1 heteroatoms. The van der Waals surface area contributed by atoms with Gasteiger partial charge in [0.1, 0.15) is 0 Å². The van der Waals surface area contributed by atoms with Crippen molar-refractivity contribution >= 4 is 0 Å². The van der Waals surface area contributed by atoms with E-state index in [4.69, 9.17) is 0 Å². The van der Waals surface area contributed by atoms with Crippen molar-refractivity contribution in [3.8, 4) is 0 Å². The summed E-state index contributed by atoms with van der Waals surface area (Å²) in [5, 5.41) is 3.80. The molecule has 0 amide bonds. The Morgan fingerprint density at radius 3 is 2.57 bits per heavy atom. The fraction of sp³-hybridized carbons (Fsp3) is 0.700. The largest absolute Gasteiger partial charge is 0.314 e. The number of nitrogens with one attached hydrogen (secondary N) is 1. The van der Waals surface area contributed by atoms with Crippen LogP contribution in [0.25, 0.3) is 0 Å². The highest BCUT2D eigenvalue weighted by Gasteiger charge is 2.29. The zero-order valence-corrected chi connectivity index (χ0v) is 14.0. The van der Waals surface area contributed by atoms with Crippen molar-refractivity contribution in [2.75, 3.05) is 6.54 Å². The topological polar surface area (TPSA) is 12.0 Å². The van der Waals surface area contributed by atoms with Gasteiger partial charge in [-0.15, -0.1) is 0 Å². The third-order valence-electron chi connectivity index (χ3n) is 5.30. The van der Waals surface area contributed by atoms with Gasteiger partial charge in [0.2, 0.25) is 0 Å². The summed E-state index contributed by atoms with van der Waals surface area (Å²) in [7, 11) is 0. The zero-order valence-electron chi connectivity index (χ0n) is 14.0. The highest BCUT2D eigenvalue weighted by atomic mass is 14.9. The van der Waals surface area contributed by atoms with Crippen LogP contribution < -0.4 is 5.32 Å². The number of rotatable bonds is 8. The third kappa shape index (κ3) is 5.14. The van der Waals surface area contributed by atoms with Crippen LogP contribution in [-0.2, 0) is 6.42 Å². The highest BCUT2D eigenvalue weighted by molar-refractivity contribution is 5.14. The Bertz CT molecular complexity index is 373. The molecule has 0 aliphatic heterocycles. The normalized spacial score (nSPS) is 23.9. The molecule has 1 nitrogen and oxygen atoms in total. The van der Waals surface area contributed by atoms with E-state index in [-0.39, 0.29) is 0 Å². The first-order chi connectivity index (χ1) is 10.3. The molecule has 3 atom stereocenters. The average molecular weight is 287 g/mol. The van der Waals surface area contributed by atoms with Crippen LogP contribution >= 0.6 is 0 Å². The molecule has 1 aliphatic carbocycles. The van der Waals surface area contributed by atoms with E-state index in [1.54, 1.807) is 0 Å². The molecule has 1 fully saturated rings. The molecule has 0 aromatic heterocycles. The molecule has 118 valence electrons. The van der Waals surface area contributed by atoms with Crippen LogP contribution in [-0.4, -0.2) is 12.6 Å². The summed E-state index contributed by atoms with van der Waals surface area (Å²) in [4.78, 5) is 0. The second-order valence-electron chi connectivity index (χ2n) is 6.66. The lowest BCUT2D eigenvalue weighted by Crippen LogP contribution is -2.41.